The molecule has 7 rings (SSSR count). The lowest BCUT2D eigenvalue weighted by Crippen LogP contribution is -2.53. The minimum Gasteiger partial charge on any atom is -0.511 e. The van der Waals surface area contributed by atoms with Gasteiger partial charge in [-0.05, 0) is 85.8 Å². The summed E-state index contributed by atoms with van der Waals surface area (Å²) in [5.41, 5.74) is -0.00480. The normalized spacial score (nSPS) is 26.8. The maximum Gasteiger partial charge on any atom is 0.263 e. The van der Waals surface area contributed by atoms with Crippen LogP contribution in [0.2, 0.25) is 0 Å². The zero-order chi connectivity index (χ0) is 34.1. The summed E-state index contributed by atoms with van der Waals surface area (Å²) in [7, 11) is 5.29. The Balaban J connectivity index is 1.37. The highest BCUT2D eigenvalue weighted by atomic mass is 79.9. The van der Waals surface area contributed by atoms with Gasteiger partial charge in [0.2, 0.25) is 0 Å². The van der Waals surface area contributed by atoms with Crippen LogP contribution in [0.4, 0.5) is 4.39 Å². The van der Waals surface area contributed by atoms with Crippen LogP contribution in [0, 0.1) is 23.1 Å². The van der Waals surface area contributed by atoms with Gasteiger partial charge in [0.1, 0.15) is 29.5 Å². The van der Waals surface area contributed by atoms with Crippen LogP contribution in [0.5, 0.6) is 11.6 Å². The summed E-state index contributed by atoms with van der Waals surface area (Å²) < 4.78 is 34.6. The number of hydrogen-bond acceptors (Lipinski definition) is 10. The molecule has 3 aliphatic carbocycles. The lowest BCUT2D eigenvalue weighted by Gasteiger charge is -2.50. The van der Waals surface area contributed by atoms with Crippen LogP contribution in [-0.4, -0.2) is 77.1 Å². The summed E-state index contributed by atoms with van der Waals surface area (Å²) in [6.45, 7) is 3.36. The number of allylic oxidation sites excluding steroid dienone is 2. The van der Waals surface area contributed by atoms with Gasteiger partial charge in [-0.1, -0.05) is 30.3 Å². The fourth-order valence-corrected chi connectivity index (χ4v) is 9.14. The highest BCUT2D eigenvalue weighted by molar-refractivity contribution is 9.10. The molecule has 12 heteroatoms. The summed E-state index contributed by atoms with van der Waals surface area (Å²) in [5, 5.41) is 26.2. The fourth-order valence-electron chi connectivity index (χ4n) is 8.53. The SMILES string of the molecule is COC[C@@H]1CCCN1Cc1c(F)c2c(c(OCc3ccccc3)c1Br)C(=O)C1=C(O)[C@]3(C)C(=O)c4c(O)noc4[C@@H](N(C)C)[C@@H]3C[C@@H]1C2. The highest BCUT2D eigenvalue weighted by Crippen LogP contribution is 2.60. The molecule has 2 heterocycles. The zero-order valence-corrected chi connectivity index (χ0v) is 29.0. The second-order valence-electron chi connectivity index (χ2n) is 13.8. The van der Waals surface area contributed by atoms with Crippen LogP contribution in [-0.2, 0) is 24.3 Å². The van der Waals surface area contributed by atoms with Gasteiger partial charge in [-0.3, -0.25) is 19.4 Å². The second-order valence-corrected chi connectivity index (χ2v) is 14.6. The number of likely N-dealkylation sites (tertiary alicyclic amines) is 1. The van der Waals surface area contributed by atoms with Gasteiger partial charge in [0.25, 0.3) is 5.88 Å². The average Bonchev–Trinajstić information content (AvgIpc) is 3.67. The van der Waals surface area contributed by atoms with Crippen molar-refractivity contribution in [3.05, 3.63) is 85.5 Å². The van der Waals surface area contributed by atoms with Gasteiger partial charge >= 0.3 is 0 Å². The molecule has 1 saturated heterocycles. The van der Waals surface area contributed by atoms with Gasteiger partial charge in [0, 0.05) is 42.3 Å². The van der Waals surface area contributed by atoms with E-state index in [9.17, 15) is 19.8 Å². The molecule has 0 amide bonds. The summed E-state index contributed by atoms with van der Waals surface area (Å²) in [6.07, 6.45) is 2.34. The predicted molar refractivity (Wildman–Crippen MR) is 177 cm³/mol. The molecule has 0 radical (unpaired) electrons. The number of ketones is 2. The molecule has 0 bridgehead atoms. The molecular weight excluding hydrogens is 685 g/mol. The number of aliphatic hydroxyl groups is 1. The molecule has 254 valence electrons. The maximum absolute atomic E-state index is 16.9. The molecule has 1 aromatic heterocycles. The first-order valence-electron chi connectivity index (χ1n) is 16.3. The third kappa shape index (κ3) is 4.94. The number of methoxy groups -OCH3 is 1. The van der Waals surface area contributed by atoms with Crippen molar-refractivity contribution in [1.82, 2.24) is 15.0 Å². The monoisotopic (exact) mass is 723 g/mol. The number of halogens is 2. The number of aliphatic hydroxyl groups excluding tert-OH is 1. The number of aromatic nitrogens is 1. The lowest BCUT2D eigenvalue weighted by molar-refractivity contribution is 0.0175. The zero-order valence-electron chi connectivity index (χ0n) is 27.4. The van der Waals surface area contributed by atoms with Crippen LogP contribution in [0.3, 0.4) is 0 Å². The molecule has 0 spiro atoms. The van der Waals surface area contributed by atoms with Gasteiger partial charge in [-0.15, -0.1) is 0 Å². The molecule has 48 heavy (non-hydrogen) atoms. The van der Waals surface area contributed by atoms with E-state index in [1.54, 1.807) is 14.0 Å². The molecule has 10 nitrogen and oxygen atoms in total. The van der Waals surface area contributed by atoms with Gasteiger partial charge in [-0.25, -0.2) is 4.39 Å². The molecule has 1 aliphatic heterocycles. The number of ether oxygens (including phenoxy) is 2. The van der Waals surface area contributed by atoms with Crippen molar-refractivity contribution >= 4 is 27.5 Å². The molecule has 0 saturated carbocycles. The Morgan fingerprint density at radius 1 is 1.19 bits per heavy atom. The van der Waals surface area contributed by atoms with Gasteiger partial charge in [0.15, 0.2) is 17.3 Å². The van der Waals surface area contributed by atoms with Crippen LogP contribution < -0.4 is 4.74 Å². The fraction of sp³-hybridized carbons (Fsp3) is 0.472. The number of aromatic hydroxyl groups is 1. The molecule has 1 fully saturated rings. The van der Waals surface area contributed by atoms with Crippen molar-refractivity contribution in [2.24, 2.45) is 17.3 Å². The number of fused-ring (bicyclic) bond motifs is 4. The first kappa shape index (κ1) is 32.9. The minimum atomic E-state index is -1.56. The first-order valence-corrected chi connectivity index (χ1v) is 17.1. The van der Waals surface area contributed by atoms with Crippen LogP contribution in [0.15, 0.2) is 50.7 Å². The Hall–Kier alpha value is -3.58. The van der Waals surface area contributed by atoms with E-state index >= 15 is 4.39 Å². The van der Waals surface area contributed by atoms with Crippen molar-refractivity contribution in [2.75, 3.05) is 34.4 Å². The Morgan fingerprint density at radius 2 is 1.94 bits per heavy atom. The van der Waals surface area contributed by atoms with E-state index in [-0.39, 0.29) is 58.6 Å². The smallest absolute Gasteiger partial charge is 0.263 e. The minimum absolute atomic E-state index is 0.0506. The van der Waals surface area contributed by atoms with Gasteiger partial charge < -0.3 is 24.2 Å². The number of carbonyl (C=O) groups excluding carboxylic acids is 2. The standard InChI is InChI=1S/C36H39BrFN3O7/c1-36-23(29(40(2)3)32-26(34(36)44)35(45)39-48-32)14-19-13-21-25(30(42)24(19)33(36)43)31(47-16-18-9-6-5-7-10-18)27(37)22(28(21)38)15-41-12-8-11-20(41)17-46-4/h5-7,9-10,19-20,23,29,43H,8,11-17H2,1-4H3,(H,39,45)/t19-,20-,23-,29-,36+/m0/s1. The number of benzene rings is 2. The third-order valence-corrected chi connectivity index (χ3v) is 11.8. The number of hydrogen-bond donors (Lipinski definition) is 2. The largest absolute Gasteiger partial charge is 0.511 e. The molecule has 2 N–H and O–H groups in total. The summed E-state index contributed by atoms with van der Waals surface area (Å²) in [4.78, 5) is 32.8. The lowest BCUT2D eigenvalue weighted by atomic mass is 9.54. The third-order valence-electron chi connectivity index (χ3n) is 10.9. The van der Waals surface area contributed by atoms with E-state index in [4.69, 9.17) is 14.0 Å². The molecule has 2 aromatic carbocycles. The maximum atomic E-state index is 16.9. The number of carbonyl (C=O) groups is 2. The van der Waals surface area contributed by atoms with E-state index in [0.29, 0.717) is 29.6 Å². The number of rotatable bonds is 8. The van der Waals surface area contributed by atoms with E-state index in [0.717, 1.165) is 24.9 Å². The van der Waals surface area contributed by atoms with Crippen molar-refractivity contribution in [1.29, 1.82) is 0 Å². The van der Waals surface area contributed by atoms with Crippen molar-refractivity contribution < 1.29 is 38.2 Å². The summed E-state index contributed by atoms with van der Waals surface area (Å²) >= 11 is 3.64. The van der Waals surface area contributed by atoms with Crippen LogP contribution in [0.1, 0.15) is 75.4 Å². The highest BCUT2D eigenvalue weighted by Gasteiger charge is 2.62. The Kier molecular flexibility index (Phi) is 8.50. The molecule has 0 unspecified atom stereocenters. The Morgan fingerprint density at radius 3 is 2.65 bits per heavy atom. The average molecular weight is 725 g/mol. The van der Waals surface area contributed by atoms with Crippen molar-refractivity contribution in [3.63, 3.8) is 0 Å². The number of Topliss-reactive ketones (excluding diaryl/α,β-unsaturated/α-hetero) is 2. The number of nitrogens with zero attached hydrogens (tertiary/aromatic N) is 3. The molecule has 4 aliphatic rings. The molecule has 5 atom stereocenters. The Bertz CT molecular complexity index is 1830. The summed E-state index contributed by atoms with van der Waals surface area (Å²) in [5.74, 6) is -3.22. The second kappa shape index (κ2) is 12.4. The van der Waals surface area contributed by atoms with E-state index in [2.05, 4.69) is 26.0 Å². The van der Waals surface area contributed by atoms with E-state index in [1.807, 2.05) is 49.3 Å². The summed E-state index contributed by atoms with van der Waals surface area (Å²) in [6, 6.07) is 9.09. The molecule has 3 aromatic rings. The quantitative estimate of drug-likeness (QED) is 0.279. The van der Waals surface area contributed by atoms with Gasteiger partial charge in [-0.2, -0.15) is 0 Å². The van der Waals surface area contributed by atoms with E-state index in [1.165, 1.54) is 0 Å². The molecular formula is C36H39BrFN3O7. The van der Waals surface area contributed by atoms with Crippen molar-refractivity contribution in [3.8, 4) is 11.6 Å². The van der Waals surface area contributed by atoms with Crippen LogP contribution in [0.25, 0.3) is 0 Å². The van der Waals surface area contributed by atoms with E-state index < -0.39 is 46.6 Å². The first-order chi connectivity index (χ1) is 23.0. The van der Waals surface area contributed by atoms with Crippen LogP contribution >= 0.6 is 15.9 Å². The Labute approximate surface area is 286 Å². The van der Waals surface area contributed by atoms with Gasteiger partial charge in [0.05, 0.1) is 28.1 Å². The predicted octanol–water partition coefficient (Wildman–Crippen LogP) is 6.16. The van der Waals surface area contributed by atoms with Crippen molar-refractivity contribution in [2.45, 2.75) is 57.8 Å². The topological polar surface area (TPSA) is 126 Å².